The number of hydrogen-bond acceptors (Lipinski definition) is 8. The summed E-state index contributed by atoms with van der Waals surface area (Å²) in [6.07, 6.45) is 5.03. The van der Waals surface area contributed by atoms with E-state index in [0.29, 0.717) is 36.8 Å². The summed E-state index contributed by atoms with van der Waals surface area (Å²) in [4.78, 5) is 21.3. The van der Waals surface area contributed by atoms with Gasteiger partial charge in [0.05, 0.1) is 10.6 Å². The van der Waals surface area contributed by atoms with Crippen LogP contribution in [0.5, 0.6) is 0 Å². The number of nitrogens with two attached hydrogens (primary N) is 1. The maximum atomic E-state index is 14.8. The summed E-state index contributed by atoms with van der Waals surface area (Å²) in [6.45, 7) is 1.85. The van der Waals surface area contributed by atoms with Crippen LogP contribution in [-0.4, -0.2) is 34.0 Å². The summed E-state index contributed by atoms with van der Waals surface area (Å²) in [6, 6.07) is 11.5. The van der Waals surface area contributed by atoms with E-state index in [-0.39, 0.29) is 17.5 Å². The van der Waals surface area contributed by atoms with Crippen molar-refractivity contribution in [1.82, 2.24) is 9.97 Å². The minimum Gasteiger partial charge on any atom is -0.369 e. The number of halogens is 1. The van der Waals surface area contributed by atoms with Crippen LogP contribution in [0.3, 0.4) is 0 Å². The third kappa shape index (κ3) is 5.09. The summed E-state index contributed by atoms with van der Waals surface area (Å²) < 4.78 is 14.8. The molecule has 0 bridgehead atoms. The molecule has 1 aliphatic heterocycles. The van der Waals surface area contributed by atoms with E-state index in [1.165, 1.54) is 18.2 Å². The van der Waals surface area contributed by atoms with Gasteiger partial charge in [0.2, 0.25) is 5.82 Å². The summed E-state index contributed by atoms with van der Waals surface area (Å²) in [5.41, 5.74) is 7.54. The van der Waals surface area contributed by atoms with E-state index >= 15 is 0 Å². The van der Waals surface area contributed by atoms with Gasteiger partial charge in [0.25, 0.3) is 0 Å². The molecule has 0 unspecified atom stereocenters. The first kappa shape index (κ1) is 21.4. The number of nitrogens with zero attached hydrogens (tertiary/aromatic N) is 4. The number of anilines is 4. The maximum Gasteiger partial charge on any atom is 0.311 e. The van der Waals surface area contributed by atoms with Crippen molar-refractivity contribution in [1.29, 1.82) is 0 Å². The van der Waals surface area contributed by atoms with Gasteiger partial charge in [-0.05, 0) is 48.7 Å². The van der Waals surface area contributed by atoms with Crippen LogP contribution in [0.4, 0.5) is 33.1 Å². The topological polar surface area (TPSA) is 122 Å². The zero-order chi connectivity index (χ0) is 22.5. The molecule has 0 radical (unpaired) electrons. The van der Waals surface area contributed by atoms with Crippen LogP contribution in [0.15, 0.2) is 54.9 Å². The number of benzene rings is 1. The van der Waals surface area contributed by atoms with Gasteiger partial charge in [-0.25, -0.2) is 9.37 Å². The number of pyridine rings is 2. The molecule has 0 atom stereocenters. The lowest BCUT2D eigenvalue weighted by Gasteiger charge is -2.32. The van der Waals surface area contributed by atoms with E-state index in [1.807, 2.05) is 17.0 Å². The highest BCUT2D eigenvalue weighted by Crippen LogP contribution is 2.30. The molecule has 10 heteroatoms. The number of rotatable bonds is 7. The predicted octanol–water partition coefficient (Wildman–Crippen LogP) is 3.81. The van der Waals surface area contributed by atoms with Crippen molar-refractivity contribution in [3.05, 3.63) is 76.4 Å². The van der Waals surface area contributed by atoms with E-state index in [4.69, 9.17) is 5.73 Å². The molecule has 0 aliphatic carbocycles. The number of nitrogens with one attached hydrogen (secondary N) is 2. The monoisotopic (exact) mass is 437 g/mol. The highest BCUT2D eigenvalue weighted by molar-refractivity contribution is 5.69. The lowest BCUT2D eigenvalue weighted by Crippen LogP contribution is -2.40. The van der Waals surface area contributed by atoms with Crippen molar-refractivity contribution in [2.75, 3.05) is 28.6 Å². The van der Waals surface area contributed by atoms with E-state index in [1.54, 1.807) is 24.5 Å². The second-order valence-electron chi connectivity index (χ2n) is 7.65. The summed E-state index contributed by atoms with van der Waals surface area (Å²) in [7, 11) is 0. The number of hydrogen-bond donors (Lipinski definition) is 3. The van der Waals surface area contributed by atoms with Crippen molar-refractivity contribution in [3.63, 3.8) is 0 Å². The van der Waals surface area contributed by atoms with Gasteiger partial charge in [-0.1, -0.05) is 6.07 Å². The second kappa shape index (κ2) is 9.56. The SMILES string of the molecule is NC1CCN(c2ccc(Nc3nc(NCc4cccnc4)ccc3[N+](=O)[O-])cc2F)CC1. The third-order valence-corrected chi connectivity index (χ3v) is 5.36. The molecule has 9 nitrogen and oxygen atoms in total. The van der Waals surface area contributed by atoms with Gasteiger partial charge < -0.3 is 21.3 Å². The van der Waals surface area contributed by atoms with Gasteiger partial charge >= 0.3 is 5.69 Å². The van der Waals surface area contributed by atoms with Crippen LogP contribution in [0, 0.1) is 15.9 Å². The first-order chi connectivity index (χ1) is 15.5. The van der Waals surface area contributed by atoms with Gasteiger partial charge in [0.15, 0.2) is 0 Å². The zero-order valence-corrected chi connectivity index (χ0v) is 17.4. The summed E-state index contributed by atoms with van der Waals surface area (Å²) in [5.74, 6) is 0.0740. The first-order valence-corrected chi connectivity index (χ1v) is 10.3. The molecule has 166 valence electrons. The van der Waals surface area contributed by atoms with Gasteiger partial charge in [-0.15, -0.1) is 0 Å². The highest BCUT2D eigenvalue weighted by atomic mass is 19.1. The van der Waals surface area contributed by atoms with Crippen molar-refractivity contribution in [2.45, 2.75) is 25.4 Å². The van der Waals surface area contributed by atoms with Crippen LogP contribution in [-0.2, 0) is 6.54 Å². The molecular weight excluding hydrogens is 413 g/mol. The highest BCUT2D eigenvalue weighted by Gasteiger charge is 2.20. The fourth-order valence-corrected chi connectivity index (χ4v) is 3.60. The molecule has 3 heterocycles. The largest absolute Gasteiger partial charge is 0.369 e. The lowest BCUT2D eigenvalue weighted by molar-refractivity contribution is -0.384. The van der Waals surface area contributed by atoms with Crippen LogP contribution < -0.4 is 21.3 Å². The van der Waals surface area contributed by atoms with E-state index < -0.39 is 10.7 Å². The number of piperidine rings is 1. The molecular formula is C22H24FN7O2. The van der Waals surface area contributed by atoms with Crippen LogP contribution >= 0.6 is 0 Å². The Labute approximate surface area is 184 Å². The average molecular weight is 437 g/mol. The Hall–Kier alpha value is -3.79. The normalized spacial score (nSPS) is 14.2. The third-order valence-electron chi connectivity index (χ3n) is 5.36. The molecule has 4 N–H and O–H groups in total. The van der Waals surface area contributed by atoms with Crippen molar-refractivity contribution in [3.8, 4) is 0 Å². The molecule has 1 fully saturated rings. The fraction of sp³-hybridized carbons (Fsp3) is 0.273. The summed E-state index contributed by atoms with van der Waals surface area (Å²) in [5, 5.41) is 17.5. The predicted molar refractivity (Wildman–Crippen MR) is 122 cm³/mol. The lowest BCUT2D eigenvalue weighted by atomic mass is 10.1. The molecule has 0 amide bonds. The number of nitro groups is 1. The van der Waals surface area contributed by atoms with E-state index in [9.17, 15) is 14.5 Å². The molecule has 0 saturated carbocycles. The van der Waals surface area contributed by atoms with Gasteiger partial charge in [0.1, 0.15) is 11.6 Å². The molecule has 3 aromatic rings. The van der Waals surface area contributed by atoms with Crippen LogP contribution in [0.2, 0.25) is 0 Å². The molecule has 1 aromatic carbocycles. The molecule has 1 aliphatic rings. The van der Waals surface area contributed by atoms with Crippen molar-refractivity contribution < 1.29 is 9.31 Å². The molecule has 1 saturated heterocycles. The van der Waals surface area contributed by atoms with E-state index in [0.717, 1.165) is 18.4 Å². The smallest absolute Gasteiger partial charge is 0.311 e. The Morgan fingerprint density at radius 2 is 2.03 bits per heavy atom. The Morgan fingerprint density at radius 3 is 2.72 bits per heavy atom. The van der Waals surface area contributed by atoms with Gasteiger partial charge in [-0.3, -0.25) is 15.1 Å². The number of aromatic nitrogens is 2. The van der Waals surface area contributed by atoms with Crippen molar-refractivity contribution >= 4 is 28.7 Å². The maximum absolute atomic E-state index is 14.8. The van der Waals surface area contributed by atoms with E-state index in [2.05, 4.69) is 20.6 Å². The van der Waals surface area contributed by atoms with Crippen LogP contribution in [0.1, 0.15) is 18.4 Å². The Balaban J connectivity index is 1.51. The van der Waals surface area contributed by atoms with Crippen LogP contribution in [0.25, 0.3) is 0 Å². The zero-order valence-electron chi connectivity index (χ0n) is 17.4. The standard InChI is InChI=1S/C22H24FN7O2/c23-18-12-17(3-4-19(18)29-10-7-16(24)8-11-29)27-22-20(30(31)32)5-6-21(28-22)26-14-15-2-1-9-25-13-15/h1-6,9,12-13,16H,7-8,10-11,14,24H2,(H2,26,27,28). The quantitative estimate of drug-likeness (QED) is 0.377. The van der Waals surface area contributed by atoms with Gasteiger partial charge in [0, 0.05) is 49.8 Å². The van der Waals surface area contributed by atoms with Gasteiger partial charge in [-0.2, -0.15) is 0 Å². The molecule has 0 spiro atoms. The summed E-state index contributed by atoms with van der Waals surface area (Å²) >= 11 is 0. The second-order valence-corrected chi connectivity index (χ2v) is 7.65. The Morgan fingerprint density at radius 1 is 1.22 bits per heavy atom. The molecule has 32 heavy (non-hydrogen) atoms. The molecule has 2 aromatic heterocycles. The Bertz CT molecular complexity index is 1090. The first-order valence-electron chi connectivity index (χ1n) is 10.3. The fourth-order valence-electron chi connectivity index (χ4n) is 3.60. The average Bonchev–Trinajstić information content (AvgIpc) is 2.79. The Kier molecular flexibility index (Phi) is 6.41. The minimum atomic E-state index is -0.526. The van der Waals surface area contributed by atoms with Crippen molar-refractivity contribution in [2.24, 2.45) is 5.73 Å². The molecule has 4 rings (SSSR count). The minimum absolute atomic E-state index is 0.0299.